The van der Waals surface area contributed by atoms with E-state index in [1.54, 1.807) is 24.3 Å². The summed E-state index contributed by atoms with van der Waals surface area (Å²) in [6.07, 6.45) is 2.10. The van der Waals surface area contributed by atoms with Crippen LogP contribution in [0.25, 0.3) is 0 Å². The summed E-state index contributed by atoms with van der Waals surface area (Å²) < 4.78 is 40.1. The van der Waals surface area contributed by atoms with E-state index in [2.05, 4.69) is 5.32 Å². The van der Waals surface area contributed by atoms with Crippen LogP contribution in [0.1, 0.15) is 49.8 Å². The molecular formula is C33H43N3O6S. The molecule has 0 bridgehead atoms. The highest BCUT2D eigenvalue weighted by Crippen LogP contribution is 2.32. The number of hydrogen-bond acceptors (Lipinski definition) is 6. The van der Waals surface area contributed by atoms with Crippen molar-refractivity contribution >= 4 is 27.5 Å². The first kappa shape index (κ1) is 33.5. The minimum absolute atomic E-state index is 0.0619. The number of rotatable bonds is 15. The van der Waals surface area contributed by atoms with Crippen LogP contribution < -0.4 is 19.1 Å². The van der Waals surface area contributed by atoms with E-state index in [4.69, 9.17) is 9.47 Å². The van der Waals surface area contributed by atoms with Gasteiger partial charge in [0.15, 0.2) is 11.5 Å². The number of ether oxygens (including phenoxy) is 2. The smallest absolute Gasteiger partial charge is 0.264 e. The Morgan fingerprint density at radius 3 is 2.19 bits per heavy atom. The first-order valence-corrected chi connectivity index (χ1v) is 15.9. The van der Waals surface area contributed by atoms with Gasteiger partial charge in [-0.2, -0.15) is 0 Å². The molecule has 9 nitrogen and oxygen atoms in total. The van der Waals surface area contributed by atoms with Crippen molar-refractivity contribution in [2.75, 3.05) is 31.6 Å². The third-order valence-electron chi connectivity index (χ3n) is 7.19. The van der Waals surface area contributed by atoms with Crippen molar-refractivity contribution in [2.24, 2.45) is 0 Å². The van der Waals surface area contributed by atoms with Crippen molar-refractivity contribution in [3.63, 3.8) is 0 Å². The molecule has 3 aromatic carbocycles. The lowest BCUT2D eigenvalue weighted by atomic mass is 10.1. The molecule has 1 unspecified atom stereocenters. The Morgan fingerprint density at radius 1 is 0.884 bits per heavy atom. The van der Waals surface area contributed by atoms with E-state index in [1.165, 1.54) is 37.3 Å². The maximum atomic E-state index is 14.2. The summed E-state index contributed by atoms with van der Waals surface area (Å²) in [5, 5.41) is 2.95. The predicted octanol–water partition coefficient (Wildman–Crippen LogP) is 5.24. The van der Waals surface area contributed by atoms with Gasteiger partial charge in [-0.05, 0) is 56.5 Å². The fourth-order valence-electron chi connectivity index (χ4n) is 4.78. The first-order chi connectivity index (χ1) is 20.5. The molecule has 0 saturated carbocycles. The Morgan fingerprint density at radius 2 is 1.58 bits per heavy atom. The van der Waals surface area contributed by atoms with E-state index in [9.17, 15) is 18.0 Å². The van der Waals surface area contributed by atoms with E-state index in [-0.39, 0.29) is 23.1 Å². The number of anilines is 1. The monoisotopic (exact) mass is 609 g/mol. The number of nitrogens with one attached hydrogen (secondary N) is 1. The van der Waals surface area contributed by atoms with Crippen LogP contribution in [0.3, 0.4) is 0 Å². The summed E-state index contributed by atoms with van der Waals surface area (Å²) in [6, 6.07) is 18.1. The average molecular weight is 610 g/mol. The van der Waals surface area contributed by atoms with Gasteiger partial charge in [0.1, 0.15) is 12.6 Å². The summed E-state index contributed by atoms with van der Waals surface area (Å²) in [5.74, 6) is -0.136. The molecule has 0 aliphatic carbocycles. The second-order valence-corrected chi connectivity index (χ2v) is 12.3. The molecule has 43 heavy (non-hydrogen) atoms. The van der Waals surface area contributed by atoms with Crippen LogP contribution in [0.5, 0.6) is 11.5 Å². The third-order valence-corrected chi connectivity index (χ3v) is 8.96. The van der Waals surface area contributed by atoms with Crippen LogP contribution in [0.2, 0.25) is 0 Å². The maximum absolute atomic E-state index is 14.2. The SMILES string of the molecule is CCCCNC(=O)C(CC)N(Cc1cccc(C)c1)C(=O)CN(c1ccc(C)cc1)S(=O)(=O)c1ccc(OC)c(OC)c1. The lowest BCUT2D eigenvalue weighted by Gasteiger charge is -2.33. The van der Waals surface area contributed by atoms with Gasteiger partial charge in [-0.15, -0.1) is 0 Å². The summed E-state index contributed by atoms with van der Waals surface area (Å²) >= 11 is 0. The number of unbranched alkanes of at least 4 members (excludes halogenated alkanes) is 1. The number of benzene rings is 3. The van der Waals surface area contributed by atoms with Crippen LogP contribution >= 0.6 is 0 Å². The van der Waals surface area contributed by atoms with Gasteiger partial charge < -0.3 is 19.7 Å². The topological polar surface area (TPSA) is 105 Å². The van der Waals surface area contributed by atoms with Crippen LogP contribution in [-0.2, 0) is 26.2 Å². The highest BCUT2D eigenvalue weighted by Gasteiger charge is 2.34. The van der Waals surface area contributed by atoms with Crippen molar-refractivity contribution in [2.45, 2.75) is 64.4 Å². The second kappa shape index (κ2) is 15.4. The van der Waals surface area contributed by atoms with Crippen LogP contribution in [-0.4, -0.2) is 58.5 Å². The molecule has 3 rings (SSSR count). The van der Waals surface area contributed by atoms with E-state index in [1.807, 2.05) is 52.0 Å². The standard InChI is InChI=1S/C33H43N3O6S/c1-7-9-19-34-33(38)29(8-2)35(22-26-12-10-11-25(4)20-26)32(37)23-36(27-15-13-24(3)14-16-27)43(39,40)28-17-18-30(41-5)31(21-28)42-6/h10-18,20-21,29H,7-9,19,22-23H2,1-6H3,(H,34,38). The van der Waals surface area contributed by atoms with Gasteiger partial charge in [0.25, 0.3) is 10.0 Å². The lowest BCUT2D eigenvalue weighted by Crippen LogP contribution is -2.52. The summed E-state index contributed by atoms with van der Waals surface area (Å²) in [5.41, 5.74) is 3.12. The highest BCUT2D eigenvalue weighted by atomic mass is 32.2. The van der Waals surface area contributed by atoms with Gasteiger partial charge in [0.2, 0.25) is 11.8 Å². The van der Waals surface area contributed by atoms with Gasteiger partial charge in [0, 0.05) is 19.2 Å². The predicted molar refractivity (Wildman–Crippen MR) is 169 cm³/mol. The highest BCUT2D eigenvalue weighted by molar-refractivity contribution is 7.92. The molecule has 0 aromatic heterocycles. The second-order valence-electron chi connectivity index (χ2n) is 10.4. The number of amides is 2. The van der Waals surface area contributed by atoms with Crippen molar-refractivity contribution in [3.05, 3.63) is 83.4 Å². The van der Waals surface area contributed by atoms with Crippen molar-refractivity contribution in [1.82, 2.24) is 10.2 Å². The molecule has 3 aromatic rings. The molecule has 0 fully saturated rings. The van der Waals surface area contributed by atoms with E-state index >= 15 is 0 Å². The molecule has 0 radical (unpaired) electrons. The van der Waals surface area contributed by atoms with Gasteiger partial charge in [-0.25, -0.2) is 8.42 Å². The number of methoxy groups -OCH3 is 2. The molecular weight excluding hydrogens is 566 g/mol. The minimum atomic E-state index is -4.25. The summed E-state index contributed by atoms with van der Waals surface area (Å²) in [7, 11) is -1.36. The fraction of sp³-hybridized carbons (Fsp3) is 0.394. The van der Waals surface area contributed by atoms with E-state index < -0.39 is 28.5 Å². The molecule has 1 N–H and O–H groups in total. The molecule has 10 heteroatoms. The van der Waals surface area contributed by atoms with Crippen LogP contribution in [0.4, 0.5) is 5.69 Å². The van der Waals surface area contributed by atoms with Crippen LogP contribution in [0, 0.1) is 13.8 Å². The van der Waals surface area contributed by atoms with E-state index in [0.29, 0.717) is 24.4 Å². The first-order valence-electron chi connectivity index (χ1n) is 14.5. The van der Waals surface area contributed by atoms with E-state index in [0.717, 1.165) is 33.8 Å². The Hall–Kier alpha value is -4.05. The number of carbonyl (C=O) groups is 2. The van der Waals surface area contributed by atoms with Gasteiger partial charge in [0.05, 0.1) is 24.8 Å². The van der Waals surface area contributed by atoms with Gasteiger partial charge >= 0.3 is 0 Å². The zero-order chi connectivity index (χ0) is 31.6. The normalized spacial score (nSPS) is 11.9. The molecule has 0 heterocycles. The molecule has 0 aliphatic heterocycles. The summed E-state index contributed by atoms with van der Waals surface area (Å²) in [4.78, 5) is 29.0. The summed E-state index contributed by atoms with van der Waals surface area (Å²) in [6.45, 7) is 7.88. The van der Waals surface area contributed by atoms with Crippen molar-refractivity contribution in [3.8, 4) is 11.5 Å². The number of sulfonamides is 1. The zero-order valence-corrected chi connectivity index (χ0v) is 26.7. The maximum Gasteiger partial charge on any atom is 0.264 e. The van der Waals surface area contributed by atoms with Crippen LogP contribution in [0.15, 0.2) is 71.6 Å². The average Bonchev–Trinajstić information content (AvgIpc) is 2.99. The Balaban J connectivity index is 2.07. The van der Waals surface area contributed by atoms with Crippen molar-refractivity contribution in [1.29, 1.82) is 0 Å². The molecule has 2 amide bonds. The molecule has 0 aliphatic rings. The Kier molecular flexibility index (Phi) is 12.0. The molecule has 1 atom stereocenters. The van der Waals surface area contributed by atoms with Crippen molar-refractivity contribution < 1.29 is 27.5 Å². The Bertz CT molecular complexity index is 1490. The molecule has 0 saturated heterocycles. The molecule has 232 valence electrons. The molecule has 0 spiro atoms. The number of hydrogen-bond donors (Lipinski definition) is 1. The number of carbonyl (C=O) groups excluding carboxylic acids is 2. The van der Waals surface area contributed by atoms with Gasteiger partial charge in [-0.3, -0.25) is 13.9 Å². The zero-order valence-electron chi connectivity index (χ0n) is 25.9. The number of nitrogens with zero attached hydrogens (tertiary/aromatic N) is 2. The Labute approximate surface area is 255 Å². The largest absolute Gasteiger partial charge is 0.493 e. The lowest BCUT2D eigenvalue weighted by molar-refractivity contribution is -0.140. The fourth-order valence-corrected chi connectivity index (χ4v) is 6.21. The quantitative estimate of drug-likeness (QED) is 0.236. The third kappa shape index (κ3) is 8.50. The van der Waals surface area contributed by atoms with Gasteiger partial charge in [-0.1, -0.05) is 67.8 Å². The minimum Gasteiger partial charge on any atom is -0.493 e. The number of aryl methyl sites for hydroxylation is 2.